The van der Waals surface area contributed by atoms with Crippen LogP contribution in [0.15, 0.2) is 67.3 Å². The van der Waals surface area contributed by atoms with Crippen LogP contribution < -0.4 is 5.73 Å². The van der Waals surface area contributed by atoms with Gasteiger partial charge in [0.25, 0.3) is 0 Å². The Bertz CT molecular complexity index is 1420. The monoisotopic (exact) mass is 441 g/mol. The lowest BCUT2D eigenvalue weighted by molar-refractivity contribution is 0.0975. The number of nitrogens with zero attached hydrogens (tertiary/aromatic N) is 5. The van der Waals surface area contributed by atoms with Crippen LogP contribution in [-0.4, -0.2) is 46.5 Å². The highest BCUT2D eigenvalue weighted by Gasteiger charge is 2.28. The largest absolute Gasteiger partial charge is 0.394 e. The lowest BCUT2D eigenvalue weighted by Crippen LogP contribution is -2.25. The average molecular weight is 441 g/mol. The van der Waals surface area contributed by atoms with E-state index in [2.05, 4.69) is 25.0 Å². The standard InChI is InChI=1S/C24H23N7O2/c1-24(33,17-5-3-2-4-6-17)21-10-20(29-23(25)30-21)19-13-27-22-18(19)9-15(11-26-22)16-12-28-31(14-16)7-8-32/h2-6,9-14,32-33H,7-8H2,1H3,(H,26,27)(H2,25,29,30)/t24-/m0/s1. The van der Waals surface area contributed by atoms with Gasteiger partial charge in [-0.15, -0.1) is 0 Å². The Kier molecular flexibility index (Phi) is 5.12. The van der Waals surface area contributed by atoms with E-state index in [9.17, 15) is 5.11 Å². The molecule has 1 aromatic carbocycles. The Morgan fingerprint density at radius 1 is 1.09 bits per heavy atom. The summed E-state index contributed by atoms with van der Waals surface area (Å²) in [5.41, 5.74) is 9.65. The summed E-state index contributed by atoms with van der Waals surface area (Å²) in [6, 6.07) is 13.1. The number of aromatic amines is 1. The van der Waals surface area contributed by atoms with Gasteiger partial charge in [0.05, 0.1) is 30.7 Å². The predicted octanol–water partition coefficient (Wildman–Crippen LogP) is 2.71. The van der Waals surface area contributed by atoms with Gasteiger partial charge in [0.1, 0.15) is 11.2 Å². The number of anilines is 1. The molecule has 0 fully saturated rings. The molecule has 166 valence electrons. The zero-order valence-corrected chi connectivity index (χ0v) is 18.0. The lowest BCUT2D eigenvalue weighted by Gasteiger charge is -2.24. The minimum Gasteiger partial charge on any atom is -0.394 e. The number of benzene rings is 1. The van der Waals surface area contributed by atoms with Crippen molar-refractivity contribution >= 4 is 17.0 Å². The zero-order chi connectivity index (χ0) is 23.0. The summed E-state index contributed by atoms with van der Waals surface area (Å²) in [5, 5.41) is 25.5. The molecule has 1 atom stereocenters. The highest BCUT2D eigenvalue weighted by atomic mass is 16.3. The van der Waals surface area contributed by atoms with Crippen LogP contribution in [0.1, 0.15) is 18.2 Å². The van der Waals surface area contributed by atoms with Crippen LogP contribution in [0.4, 0.5) is 5.95 Å². The molecule has 0 unspecified atom stereocenters. The van der Waals surface area contributed by atoms with Crippen molar-refractivity contribution in [2.24, 2.45) is 0 Å². The molecule has 0 saturated heterocycles. The van der Waals surface area contributed by atoms with E-state index in [1.165, 1.54) is 0 Å². The second-order valence-electron chi connectivity index (χ2n) is 7.97. The minimum absolute atomic E-state index is 0.0184. The van der Waals surface area contributed by atoms with Crippen LogP contribution in [0, 0.1) is 0 Å². The fraction of sp³-hybridized carbons (Fsp3) is 0.167. The first-order valence-electron chi connectivity index (χ1n) is 10.5. The van der Waals surface area contributed by atoms with Crippen molar-refractivity contribution < 1.29 is 10.2 Å². The molecule has 5 rings (SSSR count). The van der Waals surface area contributed by atoms with Crippen LogP contribution in [0.5, 0.6) is 0 Å². The van der Waals surface area contributed by atoms with Crippen LogP contribution >= 0.6 is 0 Å². The maximum absolute atomic E-state index is 11.3. The molecule has 9 heteroatoms. The molecule has 0 bridgehead atoms. The van der Waals surface area contributed by atoms with E-state index >= 15 is 0 Å². The van der Waals surface area contributed by atoms with E-state index in [1.807, 2.05) is 48.8 Å². The Morgan fingerprint density at radius 2 is 1.91 bits per heavy atom. The third-order valence-corrected chi connectivity index (χ3v) is 5.68. The van der Waals surface area contributed by atoms with Crippen LogP contribution in [0.25, 0.3) is 33.4 Å². The van der Waals surface area contributed by atoms with Gasteiger partial charge in [-0.3, -0.25) is 4.68 Å². The summed E-state index contributed by atoms with van der Waals surface area (Å²) in [7, 11) is 0. The third-order valence-electron chi connectivity index (χ3n) is 5.68. The molecule has 0 radical (unpaired) electrons. The number of nitrogen functional groups attached to an aromatic ring is 1. The summed E-state index contributed by atoms with van der Waals surface area (Å²) < 4.78 is 1.68. The topological polar surface area (TPSA) is 139 Å². The first-order valence-corrected chi connectivity index (χ1v) is 10.5. The number of nitrogens with one attached hydrogen (secondary N) is 1. The Labute approximate surface area is 189 Å². The van der Waals surface area contributed by atoms with Crippen molar-refractivity contribution in [1.82, 2.24) is 29.7 Å². The number of hydrogen-bond acceptors (Lipinski definition) is 7. The maximum Gasteiger partial charge on any atom is 0.220 e. The number of nitrogens with two attached hydrogens (primary N) is 1. The Hall–Kier alpha value is -4.08. The molecular weight excluding hydrogens is 418 g/mol. The first kappa shape index (κ1) is 20.8. The number of aromatic nitrogens is 6. The van der Waals surface area contributed by atoms with Gasteiger partial charge < -0.3 is 20.9 Å². The average Bonchev–Trinajstić information content (AvgIpc) is 3.46. The number of pyridine rings is 1. The second kappa shape index (κ2) is 8.12. The Morgan fingerprint density at radius 3 is 2.70 bits per heavy atom. The molecule has 0 aliphatic carbocycles. The van der Waals surface area contributed by atoms with Gasteiger partial charge in [0, 0.05) is 40.7 Å². The summed E-state index contributed by atoms with van der Waals surface area (Å²) in [6.45, 7) is 2.13. The summed E-state index contributed by atoms with van der Waals surface area (Å²) in [4.78, 5) is 16.5. The minimum atomic E-state index is -1.34. The van der Waals surface area contributed by atoms with Crippen molar-refractivity contribution in [1.29, 1.82) is 0 Å². The van der Waals surface area contributed by atoms with Gasteiger partial charge >= 0.3 is 0 Å². The third kappa shape index (κ3) is 3.84. The number of hydrogen-bond donors (Lipinski definition) is 4. The van der Waals surface area contributed by atoms with Crippen molar-refractivity contribution in [2.75, 3.05) is 12.3 Å². The summed E-state index contributed by atoms with van der Waals surface area (Å²) >= 11 is 0. The first-order chi connectivity index (χ1) is 16.0. The molecule has 33 heavy (non-hydrogen) atoms. The van der Waals surface area contributed by atoms with Crippen LogP contribution in [-0.2, 0) is 12.1 Å². The fourth-order valence-electron chi connectivity index (χ4n) is 3.87. The number of aliphatic hydroxyl groups excluding tert-OH is 1. The molecule has 4 aromatic heterocycles. The lowest BCUT2D eigenvalue weighted by atomic mass is 9.91. The quantitative estimate of drug-likeness (QED) is 0.318. The molecule has 9 nitrogen and oxygen atoms in total. The Balaban J connectivity index is 1.59. The number of rotatable bonds is 6. The van der Waals surface area contributed by atoms with Crippen LogP contribution in [0.3, 0.4) is 0 Å². The zero-order valence-electron chi connectivity index (χ0n) is 18.0. The smallest absolute Gasteiger partial charge is 0.220 e. The van der Waals surface area contributed by atoms with E-state index < -0.39 is 5.60 Å². The summed E-state index contributed by atoms with van der Waals surface area (Å²) in [6.07, 6.45) is 7.19. The number of H-pyrrole nitrogens is 1. The normalized spacial score (nSPS) is 13.3. The molecule has 0 saturated carbocycles. The maximum atomic E-state index is 11.3. The van der Waals surface area contributed by atoms with Crippen molar-refractivity contribution in [2.45, 2.75) is 19.1 Å². The molecule has 0 spiro atoms. The van der Waals surface area contributed by atoms with E-state index in [0.29, 0.717) is 29.1 Å². The molecular formula is C24H23N7O2. The van der Waals surface area contributed by atoms with E-state index in [0.717, 1.165) is 22.1 Å². The van der Waals surface area contributed by atoms with Gasteiger partial charge in [-0.2, -0.15) is 5.10 Å². The van der Waals surface area contributed by atoms with E-state index in [4.69, 9.17) is 10.8 Å². The van der Waals surface area contributed by atoms with Gasteiger partial charge in [-0.05, 0) is 24.6 Å². The number of fused-ring (bicyclic) bond motifs is 1. The van der Waals surface area contributed by atoms with E-state index in [1.54, 1.807) is 30.1 Å². The highest BCUT2D eigenvalue weighted by Crippen LogP contribution is 2.34. The molecule has 0 aliphatic rings. The summed E-state index contributed by atoms with van der Waals surface area (Å²) in [5.74, 6) is 0.0717. The predicted molar refractivity (Wildman–Crippen MR) is 125 cm³/mol. The molecule has 0 amide bonds. The van der Waals surface area contributed by atoms with Crippen molar-refractivity contribution in [3.8, 4) is 22.4 Å². The van der Waals surface area contributed by atoms with Gasteiger partial charge in [-0.25, -0.2) is 15.0 Å². The SMILES string of the molecule is C[C@](O)(c1ccccc1)c1cc(-c2c[nH]c3ncc(-c4cnn(CCO)c4)cc23)nc(N)n1. The fourth-order valence-corrected chi connectivity index (χ4v) is 3.87. The van der Waals surface area contributed by atoms with Gasteiger partial charge in [-0.1, -0.05) is 30.3 Å². The second-order valence-corrected chi connectivity index (χ2v) is 7.97. The van der Waals surface area contributed by atoms with Gasteiger partial charge in [0.2, 0.25) is 5.95 Å². The molecule has 5 aromatic rings. The number of aliphatic hydroxyl groups is 2. The van der Waals surface area contributed by atoms with Crippen molar-refractivity contribution in [3.05, 3.63) is 78.5 Å². The highest BCUT2D eigenvalue weighted by molar-refractivity contribution is 5.95. The molecule has 0 aliphatic heterocycles. The van der Waals surface area contributed by atoms with E-state index in [-0.39, 0.29) is 12.6 Å². The molecule has 4 heterocycles. The van der Waals surface area contributed by atoms with Gasteiger partial charge in [0.15, 0.2) is 0 Å². The van der Waals surface area contributed by atoms with Crippen molar-refractivity contribution in [3.63, 3.8) is 0 Å². The molecule has 5 N–H and O–H groups in total. The van der Waals surface area contributed by atoms with Crippen LogP contribution in [0.2, 0.25) is 0 Å².